The first-order valence-electron chi connectivity index (χ1n) is 8.58. The second-order valence-electron chi connectivity index (χ2n) is 6.12. The Morgan fingerprint density at radius 2 is 1.85 bits per heavy atom. The molecule has 0 radical (unpaired) electrons. The number of hydrogen-bond acceptors (Lipinski definition) is 4. The Balaban J connectivity index is 1.50. The molecule has 0 saturated carbocycles. The molecule has 26 heavy (non-hydrogen) atoms. The van der Waals surface area contributed by atoms with Gasteiger partial charge < -0.3 is 15.1 Å². The van der Waals surface area contributed by atoms with Crippen LogP contribution in [-0.2, 0) is 0 Å². The van der Waals surface area contributed by atoms with Gasteiger partial charge >= 0.3 is 0 Å². The lowest BCUT2D eigenvalue weighted by atomic mass is 10.1. The Labute approximate surface area is 151 Å². The van der Waals surface area contributed by atoms with Crippen LogP contribution < -0.4 is 10.6 Å². The minimum Gasteiger partial charge on any atom is -0.450 e. The molecule has 2 heterocycles. The van der Waals surface area contributed by atoms with Crippen molar-refractivity contribution in [1.82, 2.24) is 10.3 Å². The van der Waals surface area contributed by atoms with Crippen LogP contribution in [0.15, 0.2) is 65.2 Å². The summed E-state index contributed by atoms with van der Waals surface area (Å²) in [6, 6.07) is 17.7. The monoisotopic (exact) mass is 345 g/mol. The third-order valence-electron chi connectivity index (χ3n) is 4.42. The Morgan fingerprint density at radius 3 is 2.69 bits per heavy atom. The van der Waals surface area contributed by atoms with Crippen LogP contribution >= 0.6 is 0 Å². The van der Waals surface area contributed by atoms with Crippen molar-refractivity contribution >= 4 is 33.5 Å². The van der Waals surface area contributed by atoms with Crippen molar-refractivity contribution in [2.75, 3.05) is 18.4 Å². The molecule has 5 heteroatoms. The zero-order chi connectivity index (χ0) is 17.9. The summed E-state index contributed by atoms with van der Waals surface area (Å²) in [7, 11) is 0. The molecule has 4 aromatic rings. The molecular weight excluding hydrogens is 326 g/mol. The van der Waals surface area contributed by atoms with Crippen molar-refractivity contribution in [2.24, 2.45) is 0 Å². The molecule has 0 aliphatic rings. The van der Waals surface area contributed by atoms with E-state index in [0.717, 1.165) is 33.1 Å². The predicted molar refractivity (Wildman–Crippen MR) is 104 cm³/mol. The molecule has 0 aliphatic carbocycles. The van der Waals surface area contributed by atoms with E-state index < -0.39 is 0 Å². The number of hydrogen-bond donors (Lipinski definition) is 2. The van der Waals surface area contributed by atoms with Crippen molar-refractivity contribution in [3.63, 3.8) is 0 Å². The first-order chi connectivity index (χ1) is 12.7. The summed E-state index contributed by atoms with van der Waals surface area (Å²) in [4.78, 5) is 16.7. The number of nitrogens with one attached hydrogen (secondary N) is 2. The number of amides is 1. The van der Waals surface area contributed by atoms with Gasteiger partial charge in [0.05, 0.1) is 0 Å². The molecule has 0 aliphatic heterocycles. The van der Waals surface area contributed by atoms with E-state index in [0.29, 0.717) is 18.8 Å². The standard InChI is InChI=1S/C21H19N3O2/c1-14-16-10-9-15-6-2-3-7-17(15)20(16)26-19(14)21(25)24-13-12-23-18-8-4-5-11-22-18/h2-11H,12-13H2,1H3,(H,22,23)(H,24,25). The molecule has 0 spiro atoms. The minimum absolute atomic E-state index is 0.203. The van der Waals surface area contributed by atoms with E-state index in [1.54, 1.807) is 6.20 Å². The minimum atomic E-state index is -0.203. The van der Waals surface area contributed by atoms with Gasteiger partial charge in [0.15, 0.2) is 5.76 Å². The highest BCUT2D eigenvalue weighted by Gasteiger charge is 2.18. The smallest absolute Gasteiger partial charge is 0.287 e. The number of carbonyl (C=O) groups is 1. The number of benzene rings is 2. The molecule has 0 fully saturated rings. The average Bonchev–Trinajstić information content (AvgIpc) is 3.03. The van der Waals surface area contributed by atoms with E-state index in [4.69, 9.17) is 4.42 Å². The van der Waals surface area contributed by atoms with Crippen LogP contribution in [0.2, 0.25) is 0 Å². The second kappa shape index (κ2) is 6.88. The first-order valence-corrected chi connectivity index (χ1v) is 8.58. The zero-order valence-corrected chi connectivity index (χ0v) is 14.5. The van der Waals surface area contributed by atoms with Gasteiger partial charge in [0.1, 0.15) is 11.4 Å². The highest BCUT2D eigenvalue weighted by Crippen LogP contribution is 2.31. The van der Waals surface area contributed by atoms with Gasteiger partial charge in [-0.1, -0.05) is 42.5 Å². The molecule has 0 saturated heterocycles. The summed E-state index contributed by atoms with van der Waals surface area (Å²) in [5.74, 6) is 0.952. The molecular formula is C21H19N3O2. The quantitative estimate of drug-likeness (QED) is 0.534. The lowest BCUT2D eigenvalue weighted by Crippen LogP contribution is -2.29. The maximum absolute atomic E-state index is 12.5. The second-order valence-corrected chi connectivity index (χ2v) is 6.12. The molecule has 4 rings (SSSR count). The highest BCUT2D eigenvalue weighted by atomic mass is 16.3. The number of anilines is 1. The van der Waals surface area contributed by atoms with E-state index in [2.05, 4.69) is 21.7 Å². The van der Waals surface area contributed by atoms with Crippen LogP contribution in [0.4, 0.5) is 5.82 Å². The van der Waals surface area contributed by atoms with Crippen LogP contribution in [-0.4, -0.2) is 24.0 Å². The number of aryl methyl sites for hydroxylation is 1. The Bertz CT molecular complexity index is 1070. The molecule has 0 bridgehead atoms. The van der Waals surface area contributed by atoms with E-state index in [-0.39, 0.29) is 5.91 Å². The number of carbonyl (C=O) groups excluding carboxylic acids is 1. The maximum atomic E-state index is 12.5. The number of furan rings is 1. The van der Waals surface area contributed by atoms with E-state index in [9.17, 15) is 4.79 Å². The molecule has 2 aromatic carbocycles. The molecule has 0 unspecified atom stereocenters. The van der Waals surface area contributed by atoms with Crippen LogP contribution in [0.5, 0.6) is 0 Å². The largest absolute Gasteiger partial charge is 0.450 e. The summed E-state index contributed by atoms with van der Waals surface area (Å²) < 4.78 is 5.94. The highest BCUT2D eigenvalue weighted by molar-refractivity contribution is 6.08. The van der Waals surface area contributed by atoms with Crippen molar-refractivity contribution in [3.05, 3.63) is 72.1 Å². The molecule has 0 atom stereocenters. The Morgan fingerprint density at radius 1 is 1.00 bits per heavy atom. The van der Waals surface area contributed by atoms with Gasteiger partial charge in [-0.25, -0.2) is 4.98 Å². The van der Waals surface area contributed by atoms with E-state index in [1.165, 1.54) is 0 Å². The lowest BCUT2D eigenvalue weighted by molar-refractivity contribution is 0.0929. The van der Waals surface area contributed by atoms with Crippen LogP contribution in [0.25, 0.3) is 21.7 Å². The number of fused-ring (bicyclic) bond motifs is 3. The summed E-state index contributed by atoms with van der Waals surface area (Å²) in [6.45, 7) is 2.99. The average molecular weight is 345 g/mol. The number of pyridine rings is 1. The third-order valence-corrected chi connectivity index (χ3v) is 4.42. The van der Waals surface area contributed by atoms with Crippen molar-refractivity contribution in [1.29, 1.82) is 0 Å². The van der Waals surface area contributed by atoms with Gasteiger partial charge in [-0.15, -0.1) is 0 Å². The normalized spacial score (nSPS) is 11.0. The molecule has 2 N–H and O–H groups in total. The maximum Gasteiger partial charge on any atom is 0.287 e. The lowest BCUT2D eigenvalue weighted by Gasteiger charge is -2.06. The van der Waals surface area contributed by atoms with Gasteiger partial charge in [-0.3, -0.25) is 4.79 Å². The number of rotatable bonds is 5. The number of aromatic nitrogens is 1. The summed E-state index contributed by atoms with van der Waals surface area (Å²) in [5, 5.41) is 9.14. The van der Waals surface area contributed by atoms with E-state index >= 15 is 0 Å². The number of nitrogens with zero attached hydrogens (tertiary/aromatic N) is 1. The van der Waals surface area contributed by atoms with Crippen molar-refractivity contribution in [3.8, 4) is 0 Å². The topological polar surface area (TPSA) is 67.2 Å². The SMILES string of the molecule is Cc1c(C(=O)NCCNc2ccccn2)oc2c1ccc1ccccc12. The van der Waals surface area contributed by atoms with E-state index in [1.807, 2.05) is 55.5 Å². The van der Waals surface area contributed by atoms with Gasteiger partial charge in [0.25, 0.3) is 5.91 Å². The van der Waals surface area contributed by atoms with Crippen molar-refractivity contribution < 1.29 is 9.21 Å². The Hall–Kier alpha value is -3.34. The predicted octanol–water partition coefficient (Wildman–Crippen LogP) is 4.13. The van der Waals surface area contributed by atoms with Gasteiger partial charge in [-0.2, -0.15) is 0 Å². The fraction of sp³-hybridized carbons (Fsp3) is 0.143. The molecule has 130 valence electrons. The third kappa shape index (κ3) is 2.99. The first kappa shape index (κ1) is 16.1. The summed E-state index contributed by atoms with van der Waals surface area (Å²) in [5.41, 5.74) is 1.62. The van der Waals surface area contributed by atoms with Gasteiger partial charge in [-0.05, 0) is 24.4 Å². The summed E-state index contributed by atoms with van der Waals surface area (Å²) >= 11 is 0. The van der Waals surface area contributed by atoms with Gasteiger partial charge in [0, 0.05) is 35.6 Å². The fourth-order valence-electron chi connectivity index (χ4n) is 3.08. The zero-order valence-electron chi connectivity index (χ0n) is 14.5. The van der Waals surface area contributed by atoms with Crippen LogP contribution in [0.3, 0.4) is 0 Å². The van der Waals surface area contributed by atoms with Gasteiger partial charge in [0.2, 0.25) is 0 Å². The Kier molecular flexibility index (Phi) is 4.27. The fourth-order valence-corrected chi connectivity index (χ4v) is 3.08. The molecule has 2 aromatic heterocycles. The summed E-state index contributed by atoms with van der Waals surface area (Å²) in [6.07, 6.45) is 1.73. The van der Waals surface area contributed by atoms with Crippen LogP contribution in [0.1, 0.15) is 16.1 Å². The van der Waals surface area contributed by atoms with Crippen LogP contribution in [0, 0.1) is 6.92 Å². The van der Waals surface area contributed by atoms with Crippen molar-refractivity contribution in [2.45, 2.75) is 6.92 Å². The molecule has 1 amide bonds. The molecule has 5 nitrogen and oxygen atoms in total.